The first kappa shape index (κ1) is 21.6. The quantitative estimate of drug-likeness (QED) is 0.399. The topological polar surface area (TPSA) is 88.5 Å². The lowest BCUT2D eigenvalue weighted by Gasteiger charge is -2.13. The summed E-state index contributed by atoms with van der Waals surface area (Å²) in [6.07, 6.45) is 0. The number of pyridine rings is 1. The van der Waals surface area contributed by atoms with Gasteiger partial charge in [0, 0.05) is 26.5 Å². The number of ether oxygens (including phenoxy) is 1. The zero-order valence-corrected chi connectivity index (χ0v) is 19.1. The van der Waals surface area contributed by atoms with Gasteiger partial charge in [0.2, 0.25) is 0 Å². The van der Waals surface area contributed by atoms with Gasteiger partial charge in [0.1, 0.15) is 10.6 Å². The van der Waals surface area contributed by atoms with Crippen LogP contribution in [0.5, 0.6) is 5.75 Å². The SMILES string of the molecule is COc1cccc(-c2c(CO)sc3nc(C)cc(NS(=O)(=O)c4cccc(Cl)c4)c23)c1. The molecule has 0 aliphatic heterocycles. The third-order valence-corrected chi connectivity index (χ3v) is 7.38. The molecule has 9 heteroatoms. The number of sulfonamides is 1. The summed E-state index contributed by atoms with van der Waals surface area (Å²) in [4.78, 5) is 5.94. The number of aromatic nitrogens is 1. The number of hydrogen-bond donors (Lipinski definition) is 2. The molecule has 4 aromatic rings. The average molecular weight is 475 g/mol. The summed E-state index contributed by atoms with van der Waals surface area (Å²) in [5.74, 6) is 0.655. The Hall–Kier alpha value is -2.65. The van der Waals surface area contributed by atoms with Crippen LogP contribution >= 0.6 is 22.9 Å². The summed E-state index contributed by atoms with van der Waals surface area (Å²) in [6, 6.07) is 15.2. The van der Waals surface area contributed by atoms with Gasteiger partial charge in [0.15, 0.2) is 0 Å². The standard InChI is InChI=1S/C22H19ClN2O4S2/c1-13-9-18(25-31(27,28)17-8-4-6-15(23)11-17)21-20(19(12-26)30-22(21)24-13)14-5-3-7-16(10-14)29-2/h3-11,26H,12H2,1-2H3,(H,24,25). The molecule has 2 aromatic carbocycles. The Morgan fingerprint density at radius 2 is 1.94 bits per heavy atom. The van der Waals surface area contributed by atoms with E-state index in [1.54, 1.807) is 32.2 Å². The summed E-state index contributed by atoms with van der Waals surface area (Å²) < 4.78 is 34.2. The van der Waals surface area contributed by atoms with Crippen LogP contribution in [0.4, 0.5) is 5.69 Å². The number of thiophene rings is 1. The molecule has 0 fully saturated rings. The van der Waals surface area contributed by atoms with Crippen molar-refractivity contribution in [3.63, 3.8) is 0 Å². The van der Waals surface area contributed by atoms with Gasteiger partial charge in [-0.2, -0.15) is 0 Å². The molecule has 6 nitrogen and oxygen atoms in total. The third-order valence-electron chi connectivity index (χ3n) is 4.72. The Morgan fingerprint density at radius 1 is 1.16 bits per heavy atom. The number of aryl methyl sites for hydroxylation is 1. The molecule has 4 rings (SSSR count). The van der Waals surface area contributed by atoms with Crippen LogP contribution in [0.2, 0.25) is 5.02 Å². The molecule has 31 heavy (non-hydrogen) atoms. The summed E-state index contributed by atoms with van der Waals surface area (Å²) in [7, 11) is -2.32. The molecule has 0 saturated heterocycles. The van der Waals surface area contributed by atoms with Gasteiger partial charge in [-0.25, -0.2) is 13.4 Å². The molecule has 160 valence electrons. The van der Waals surface area contributed by atoms with Crippen molar-refractivity contribution in [2.45, 2.75) is 18.4 Å². The first-order valence-electron chi connectivity index (χ1n) is 9.29. The highest BCUT2D eigenvalue weighted by Gasteiger charge is 2.22. The van der Waals surface area contributed by atoms with Gasteiger partial charge in [0.05, 0.1) is 24.3 Å². The van der Waals surface area contributed by atoms with Gasteiger partial charge in [0.25, 0.3) is 10.0 Å². The van der Waals surface area contributed by atoms with Crippen molar-refractivity contribution in [2.75, 3.05) is 11.8 Å². The molecule has 0 amide bonds. The second-order valence-corrected chi connectivity index (χ2v) is 10.0. The van der Waals surface area contributed by atoms with Crippen LogP contribution in [0, 0.1) is 6.92 Å². The zero-order chi connectivity index (χ0) is 22.2. The molecule has 0 spiro atoms. The molecule has 0 atom stereocenters. The van der Waals surface area contributed by atoms with Crippen LogP contribution in [-0.2, 0) is 16.6 Å². The Kier molecular flexibility index (Phi) is 5.90. The summed E-state index contributed by atoms with van der Waals surface area (Å²) in [5.41, 5.74) is 2.55. The molecule has 0 aliphatic rings. The van der Waals surface area contributed by atoms with E-state index in [0.717, 1.165) is 11.1 Å². The van der Waals surface area contributed by atoms with Crippen LogP contribution < -0.4 is 9.46 Å². The van der Waals surface area contributed by atoms with Crippen molar-refractivity contribution in [1.29, 1.82) is 0 Å². The van der Waals surface area contributed by atoms with E-state index in [0.29, 0.717) is 37.2 Å². The maximum atomic E-state index is 13.1. The molecule has 0 saturated carbocycles. The van der Waals surface area contributed by atoms with Gasteiger partial charge in [-0.1, -0.05) is 29.8 Å². The lowest BCUT2D eigenvalue weighted by Crippen LogP contribution is -2.13. The molecule has 2 aromatic heterocycles. The van der Waals surface area contributed by atoms with E-state index in [2.05, 4.69) is 9.71 Å². The van der Waals surface area contributed by atoms with Crippen molar-refractivity contribution in [2.24, 2.45) is 0 Å². The predicted molar refractivity (Wildman–Crippen MR) is 125 cm³/mol. The maximum absolute atomic E-state index is 13.1. The van der Waals surface area contributed by atoms with Crippen molar-refractivity contribution in [3.05, 3.63) is 70.2 Å². The third kappa shape index (κ3) is 4.24. The Balaban J connectivity index is 1.94. The molecule has 0 aliphatic carbocycles. The maximum Gasteiger partial charge on any atom is 0.261 e. The second-order valence-electron chi connectivity index (χ2n) is 6.84. The minimum atomic E-state index is -3.90. The zero-order valence-electron chi connectivity index (χ0n) is 16.7. The monoisotopic (exact) mass is 474 g/mol. The van der Waals surface area contributed by atoms with Gasteiger partial charge >= 0.3 is 0 Å². The number of aliphatic hydroxyl groups excluding tert-OH is 1. The van der Waals surface area contributed by atoms with Gasteiger partial charge in [-0.15, -0.1) is 11.3 Å². The molecule has 2 heterocycles. The number of rotatable bonds is 6. The molecule has 0 bridgehead atoms. The van der Waals surface area contributed by atoms with Crippen molar-refractivity contribution < 1.29 is 18.3 Å². The number of halogens is 1. The Labute approximate surface area is 189 Å². The lowest BCUT2D eigenvalue weighted by atomic mass is 10.0. The number of benzene rings is 2. The number of nitrogens with zero attached hydrogens (tertiary/aromatic N) is 1. The fourth-order valence-electron chi connectivity index (χ4n) is 3.38. The van der Waals surface area contributed by atoms with Crippen LogP contribution in [-0.4, -0.2) is 25.6 Å². The van der Waals surface area contributed by atoms with Crippen LogP contribution in [0.1, 0.15) is 10.6 Å². The summed E-state index contributed by atoms with van der Waals surface area (Å²) in [6.45, 7) is 1.59. The minimum Gasteiger partial charge on any atom is -0.497 e. The molecule has 2 N–H and O–H groups in total. The van der Waals surface area contributed by atoms with Crippen molar-refractivity contribution in [1.82, 2.24) is 4.98 Å². The van der Waals surface area contributed by atoms with E-state index >= 15 is 0 Å². The van der Waals surface area contributed by atoms with E-state index in [1.807, 2.05) is 24.3 Å². The van der Waals surface area contributed by atoms with Crippen LogP contribution in [0.15, 0.2) is 59.5 Å². The molecule has 0 unspecified atom stereocenters. The molecule has 0 radical (unpaired) electrons. The van der Waals surface area contributed by atoms with Crippen molar-refractivity contribution >= 4 is 48.9 Å². The number of hydrogen-bond acceptors (Lipinski definition) is 6. The Bertz CT molecular complexity index is 1380. The minimum absolute atomic E-state index is 0.0585. The van der Waals surface area contributed by atoms with E-state index in [4.69, 9.17) is 16.3 Å². The van der Waals surface area contributed by atoms with E-state index in [9.17, 15) is 13.5 Å². The number of anilines is 1. The molecular formula is C22H19ClN2O4S2. The smallest absolute Gasteiger partial charge is 0.261 e. The van der Waals surface area contributed by atoms with Gasteiger partial charge in [-0.3, -0.25) is 4.72 Å². The van der Waals surface area contributed by atoms with Crippen LogP contribution in [0.3, 0.4) is 0 Å². The Morgan fingerprint density at radius 3 is 2.65 bits per heavy atom. The summed E-state index contributed by atoms with van der Waals surface area (Å²) in [5, 5.41) is 11.0. The highest BCUT2D eigenvalue weighted by atomic mass is 35.5. The van der Waals surface area contributed by atoms with Crippen LogP contribution in [0.25, 0.3) is 21.3 Å². The fourth-order valence-corrected chi connectivity index (χ4v) is 5.87. The van der Waals surface area contributed by atoms with E-state index < -0.39 is 10.0 Å². The van der Waals surface area contributed by atoms with E-state index in [-0.39, 0.29) is 11.5 Å². The average Bonchev–Trinajstić information content (AvgIpc) is 3.12. The highest BCUT2D eigenvalue weighted by molar-refractivity contribution is 7.92. The number of nitrogens with one attached hydrogen (secondary N) is 1. The summed E-state index contributed by atoms with van der Waals surface area (Å²) >= 11 is 7.32. The number of aliphatic hydroxyl groups is 1. The second kappa shape index (κ2) is 8.47. The lowest BCUT2D eigenvalue weighted by molar-refractivity contribution is 0.286. The first-order valence-corrected chi connectivity index (χ1v) is 12.0. The van der Waals surface area contributed by atoms with Gasteiger partial charge in [-0.05, 0) is 48.9 Å². The van der Waals surface area contributed by atoms with Crippen molar-refractivity contribution in [3.8, 4) is 16.9 Å². The number of fused-ring (bicyclic) bond motifs is 1. The highest BCUT2D eigenvalue weighted by Crippen LogP contribution is 2.43. The normalized spacial score (nSPS) is 11.6. The first-order chi connectivity index (χ1) is 14.8. The van der Waals surface area contributed by atoms with Gasteiger partial charge < -0.3 is 9.84 Å². The fraction of sp³-hybridized carbons (Fsp3) is 0.136. The molecular weight excluding hydrogens is 456 g/mol. The predicted octanol–water partition coefficient (Wildman–Crippen LogP) is 5.23. The number of methoxy groups -OCH3 is 1. The van der Waals surface area contributed by atoms with E-state index in [1.165, 1.54) is 23.5 Å². The largest absolute Gasteiger partial charge is 0.497 e.